The molecule has 0 saturated heterocycles. The molecule has 4 nitrogen and oxygen atoms in total. The van der Waals surface area contributed by atoms with Crippen molar-refractivity contribution >= 4 is 51.8 Å². The van der Waals surface area contributed by atoms with Crippen LogP contribution >= 0.6 is 35.0 Å². The lowest BCUT2D eigenvalue weighted by Crippen LogP contribution is -2.41. The maximum absolute atomic E-state index is 12.3. The highest BCUT2D eigenvalue weighted by Gasteiger charge is 2.21. The number of carbonyl (C=O) groups excluding carboxylic acids is 1. The Morgan fingerprint density at radius 2 is 2.25 bits per heavy atom. The fourth-order valence-corrected chi connectivity index (χ4v) is 2.92. The van der Waals surface area contributed by atoms with Crippen LogP contribution in [0.3, 0.4) is 0 Å². The summed E-state index contributed by atoms with van der Waals surface area (Å²) in [6.45, 7) is 5.23. The van der Waals surface area contributed by atoms with Gasteiger partial charge < -0.3 is 0 Å². The minimum Gasteiger partial charge on any atom is -0.294 e. The molecule has 7 heteroatoms. The normalized spacial score (nSPS) is 17.8. The largest absolute Gasteiger partial charge is 0.327 e. The first-order valence-electron chi connectivity index (χ1n) is 6.26. The molecule has 1 heterocycles. The Labute approximate surface area is 132 Å². The summed E-state index contributed by atoms with van der Waals surface area (Å²) in [5, 5.41) is 4.79. The maximum atomic E-state index is 12.3. The van der Waals surface area contributed by atoms with Gasteiger partial charge in [0.05, 0.1) is 16.6 Å². The second kappa shape index (κ2) is 6.70. The van der Waals surface area contributed by atoms with Crippen molar-refractivity contribution in [1.82, 2.24) is 5.32 Å². The van der Waals surface area contributed by atoms with Gasteiger partial charge in [0.15, 0.2) is 5.17 Å². The average Bonchev–Trinajstić information content (AvgIpc) is 2.80. The molecular weight excluding hydrogens is 317 g/mol. The van der Waals surface area contributed by atoms with Gasteiger partial charge >= 0.3 is 6.03 Å². The molecule has 0 aliphatic carbocycles. The third-order valence-electron chi connectivity index (χ3n) is 2.79. The number of amidine groups is 1. The molecule has 0 aromatic heterocycles. The van der Waals surface area contributed by atoms with E-state index in [-0.39, 0.29) is 6.03 Å². The van der Waals surface area contributed by atoms with E-state index >= 15 is 0 Å². The van der Waals surface area contributed by atoms with E-state index in [1.807, 2.05) is 6.92 Å². The maximum Gasteiger partial charge on any atom is 0.327 e. The van der Waals surface area contributed by atoms with Crippen LogP contribution in [-0.2, 0) is 0 Å². The summed E-state index contributed by atoms with van der Waals surface area (Å²) in [5.41, 5.74) is 0.705. The van der Waals surface area contributed by atoms with Crippen molar-refractivity contribution in [3.8, 4) is 0 Å². The molecule has 20 heavy (non-hydrogen) atoms. The smallest absolute Gasteiger partial charge is 0.294 e. The lowest BCUT2D eigenvalue weighted by atomic mass is 10.3. The molecule has 0 unspecified atom stereocenters. The van der Waals surface area contributed by atoms with Crippen LogP contribution in [0.4, 0.5) is 10.5 Å². The monoisotopic (exact) mass is 331 g/mol. The van der Waals surface area contributed by atoms with E-state index in [9.17, 15) is 4.79 Å². The van der Waals surface area contributed by atoms with Crippen molar-refractivity contribution in [2.24, 2.45) is 4.99 Å². The predicted molar refractivity (Wildman–Crippen MR) is 87.4 cm³/mol. The summed E-state index contributed by atoms with van der Waals surface area (Å²) < 4.78 is 0. The summed E-state index contributed by atoms with van der Waals surface area (Å²) in [6.07, 6.45) is 0. The highest BCUT2D eigenvalue weighted by atomic mass is 35.5. The van der Waals surface area contributed by atoms with Gasteiger partial charge in [0.2, 0.25) is 0 Å². The molecule has 1 aliphatic rings. The van der Waals surface area contributed by atoms with Gasteiger partial charge in [0.25, 0.3) is 0 Å². The lowest BCUT2D eigenvalue weighted by Gasteiger charge is -2.21. The molecule has 1 atom stereocenters. The van der Waals surface area contributed by atoms with Crippen molar-refractivity contribution in [2.75, 3.05) is 18.0 Å². The zero-order chi connectivity index (χ0) is 14.7. The van der Waals surface area contributed by atoms with Crippen molar-refractivity contribution in [3.63, 3.8) is 0 Å². The molecule has 1 aliphatic heterocycles. The molecule has 0 saturated carbocycles. The number of hydrogen-bond donors (Lipinski definition) is 1. The van der Waals surface area contributed by atoms with Gasteiger partial charge in [-0.25, -0.2) is 4.79 Å². The standard InChI is InChI=1S/C13H15Cl2N3OS/c1-3-18(9-4-5-10(14)11(15)6-9)13(19)17-12-16-7-8(2)20-12/h4-6,8H,3,7H2,1-2H3,(H,16,17,19)/t8-/m0/s1. The minimum absolute atomic E-state index is 0.216. The first-order valence-corrected chi connectivity index (χ1v) is 7.89. The number of rotatable bonds is 2. The summed E-state index contributed by atoms with van der Waals surface area (Å²) in [5.74, 6) is 0. The third kappa shape index (κ3) is 3.59. The molecule has 2 amide bonds. The fraction of sp³-hybridized carbons (Fsp3) is 0.385. The van der Waals surface area contributed by atoms with Crippen molar-refractivity contribution < 1.29 is 4.79 Å². The Morgan fingerprint density at radius 3 is 2.80 bits per heavy atom. The quantitative estimate of drug-likeness (QED) is 0.889. The van der Waals surface area contributed by atoms with Gasteiger partial charge in [-0.3, -0.25) is 15.2 Å². The molecule has 1 aromatic rings. The molecule has 1 N–H and O–H groups in total. The summed E-state index contributed by atoms with van der Waals surface area (Å²) in [4.78, 5) is 18.1. The number of nitrogens with one attached hydrogen (secondary N) is 1. The number of benzene rings is 1. The number of halogens is 2. The van der Waals surface area contributed by atoms with E-state index in [1.54, 1.807) is 34.9 Å². The molecule has 2 rings (SSSR count). The first-order chi connectivity index (χ1) is 9.51. The van der Waals surface area contributed by atoms with Crippen molar-refractivity contribution in [1.29, 1.82) is 0 Å². The van der Waals surface area contributed by atoms with E-state index in [0.717, 1.165) is 6.54 Å². The van der Waals surface area contributed by atoms with E-state index in [2.05, 4.69) is 17.2 Å². The first kappa shape index (κ1) is 15.5. The minimum atomic E-state index is -0.216. The molecule has 0 bridgehead atoms. The molecule has 108 valence electrons. The molecule has 0 spiro atoms. The van der Waals surface area contributed by atoms with Crippen LogP contribution in [0.1, 0.15) is 13.8 Å². The topological polar surface area (TPSA) is 44.7 Å². The molecule has 0 fully saturated rings. The zero-order valence-electron chi connectivity index (χ0n) is 11.2. The number of nitrogens with zero attached hydrogens (tertiary/aromatic N) is 2. The predicted octanol–water partition coefficient (Wildman–Crippen LogP) is 4.02. The Bertz CT molecular complexity index is 550. The zero-order valence-corrected chi connectivity index (χ0v) is 13.5. The number of aliphatic imine (C=N–C) groups is 1. The molecule has 0 radical (unpaired) electrons. The van der Waals surface area contributed by atoms with E-state index < -0.39 is 0 Å². The summed E-state index contributed by atoms with van der Waals surface area (Å²) >= 11 is 13.4. The third-order valence-corrected chi connectivity index (χ3v) is 4.54. The van der Waals surface area contributed by atoms with Gasteiger partial charge in [0.1, 0.15) is 0 Å². The fourth-order valence-electron chi connectivity index (χ4n) is 1.80. The van der Waals surface area contributed by atoms with Crippen LogP contribution in [0, 0.1) is 0 Å². The Hall–Kier alpha value is -0.910. The van der Waals surface area contributed by atoms with E-state index in [4.69, 9.17) is 23.2 Å². The second-order valence-electron chi connectivity index (χ2n) is 4.35. The Balaban J connectivity index is 2.11. The summed E-state index contributed by atoms with van der Waals surface area (Å²) in [7, 11) is 0. The van der Waals surface area contributed by atoms with Crippen molar-refractivity contribution in [2.45, 2.75) is 19.1 Å². The average molecular weight is 332 g/mol. The number of anilines is 1. The van der Waals surface area contributed by atoms with Crippen LogP contribution in [0.2, 0.25) is 10.0 Å². The van der Waals surface area contributed by atoms with Crippen LogP contribution in [0.5, 0.6) is 0 Å². The number of hydrogen-bond acceptors (Lipinski definition) is 3. The number of urea groups is 1. The highest BCUT2D eigenvalue weighted by molar-refractivity contribution is 8.14. The molecule has 1 aromatic carbocycles. The summed E-state index contributed by atoms with van der Waals surface area (Å²) in [6, 6.07) is 4.91. The van der Waals surface area contributed by atoms with Crippen molar-refractivity contribution in [3.05, 3.63) is 28.2 Å². The van der Waals surface area contributed by atoms with Gasteiger partial charge in [-0.15, -0.1) is 0 Å². The second-order valence-corrected chi connectivity index (χ2v) is 6.59. The van der Waals surface area contributed by atoms with Crippen LogP contribution in [0.25, 0.3) is 0 Å². The molecular formula is C13H15Cl2N3OS. The highest BCUT2D eigenvalue weighted by Crippen LogP contribution is 2.27. The van der Waals surface area contributed by atoms with Crippen LogP contribution in [0.15, 0.2) is 23.2 Å². The van der Waals surface area contributed by atoms with Gasteiger partial charge in [-0.1, -0.05) is 41.9 Å². The van der Waals surface area contributed by atoms with Gasteiger partial charge in [-0.2, -0.15) is 0 Å². The number of thioether (sulfide) groups is 1. The number of amides is 2. The Morgan fingerprint density at radius 1 is 1.50 bits per heavy atom. The number of carbonyl (C=O) groups is 1. The van der Waals surface area contributed by atoms with Gasteiger partial charge in [0, 0.05) is 17.5 Å². The van der Waals surface area contributed by atoms with Crippen LogP contribution < -0.4 is 10.2 Å². The van der Waals surface area contributed by atoms with Gasteiger partial charge in [-0.05, 0) is 25.1 Å². The van der Waals surface area contributed by atoms with Crippen LogP contribution in [-0.4, -0.2) is 29.5 Å². The van der Waals surface area contributed by atoms with E-state index in [1.165, 1.54) is 0 Å². The van der Waals surface area contributed by atoms with E-state index in [0.29, 0.717) is 32.7 Å². The Kier molecular flexibility index (Phi) is 5.18. The SMILES string of the molecule is CCN(C(=O)NC1=NC[C@H](C)S1)c1ccc(Cl)c(Cl)c1. The lowest BCUT2D eigenvalue weighted by molar-refractivity contribution is 0.251.